The summed E-state index contributed by atoms with van der Waals surface area (Å²) in [6.07, 6.45) is 4.23. The van der Waals surface area contributed by atoms with E-state index in [2.05, 4.69) is 13.8 Å². The molecule has 0 radical (unpaired) electrons. The van der Waals surface area contributed by atoms with Crippen LogP contribution < -0.4 is 4.90 Å². The predicted octanol–water partition coefficient (Wildman–Crippen LogP) is 2.19. The molecule has 0 unspecified atom stereocenters. The first-order valence-corrected chi connectivity index (χ1v) is 8.50. The van der Waals surface area contributed by atoms with E-state index in [9.17, 15) is 9.50 Å². The van der Waals surface area contributed by atoms with Crippen LogP contribution in [0.1, 0.15) is 45.1 Å². The number of rotatable bonds is 12. The molecule has 22 heavy (non-hydrogen) atoms. The summed E-state index contributed by atoms with van der Waals surface area (Å²) in [4.78, 5) is 1.44. The fourth-order valence-electron chi connectivity index (χ4n) is 2.50. The molecule has 0 saturated carbocycles. The van der Waals surface area contributed by atoms with Gasteiger partial charge >= 0.3 is 0 Å². The smallest absolute Gasteiger partial charge is 0.128 e. The normalized spacial score (nSPS) is 12.8. The first kappa shape index (κ1) is 19.1. The SMILES string of the molecule is CCCC[NH+](CCCC)C[C@@H](O)COCc1ccccc1F. The van der Waals surface area contributed by atoms with Crippen molar-refractivity contribution in [2.45, 2.75) is 52.2 Å². The van der Waals surface area contributed by atoms with Gasteiger partial charge in [-0.05, 0) is 18.9 Å². The summed E-state index contributed by atoms with van der Waals surface area (Å²) in [5.41, 5.74) is 0.538. The van der Waals surface area contributed by atoms with Crippen LogP contribution in [0.25, 0.3) is 0 Å². The average molecular weight is 312 g/mol. The molecule has 0 aliphatic heterocycles. The Kier molecular flexibility index (Phi) is 10.0. The van der Waals surface area contributed by atoms with Crippen LogP contribution in [0.3, 0.4) is 0 Å². The van der Waals surface area contributed by atoms with Crippen LogP contribution in [0.15, 0.2) is 24.3 Å². The zero-order valence-corrected chi connectivity index (χ0v) is 14.0. The third-order valence-electron chi connectivity index (χ3n) is 3.82. The number of aliphatic hydroxyl groups is 1. The van der Waals surface area contributed by atoms with Gasteiger partial charge in [-0.2, -0.15) is 0 Å². The van der Waals surface area contributed by atoms with Gasteiger partial charge < -0.3 is 14.7 Å². The Bertz CT molecular complexity index is 392. The van der Waals surface area contributed by atoms with Crippen molar-refractivity contribution in [1.82, 2.24) is 0 Å². The summed E-state index contributed by atoms with van der Waals surface area (Å²) in [6, 6.07) is 6.59. The van der Waals surface area contributed by atoms with E-state index >= 15 is 0 Å². The molecule has 2 N–H and O–H groups in total. The number of ether oxygens (including phenoxy) is 1. The number of unbranched alkanes of at least 4 members (excludes halogenated alkanes) is 2. The molecule has 1 aromatic rings. The first-order chi connectivity index (χ1) is 10.7. The Balaban J connectivity index is 2.30. The Hall–Kier alpha value is -0.970. The van der Waals surface area contributed by atoms with Crippen molar-refractivity contribution < 1.29 is 19.1 Å². The molecule has 0 spiro atoms. The molecular formula is C18H31FNO2+. The highest BCUT2D eigenvalue weighted by atomic mass is 19.1. The van der Waals surface area contributed by atoms with Gasteiger partial charge in [0.1, 0.15) is 18.5 Å². The van der Waals surface area contributed by atoms with Gasteiger partial charge in [-0.3, -0.25) is 0 Å². The fraction of sp³-hybridized carbons (Fsp3) is 0.667. The average Bonchev–Trinajstić information content (AvgIpc) is 2.52. The lowest BCUT2D eigenvalue weighted by Crippen LogP contribution is -3.13. The van der Waals surface area contributed by atoms with Crippen molar-refractivity contribution in [2.75, 3.05) is 26.2 Å². The predicted molar refractivity (Wildman–Crippen MR) is 87.4 cm³/mol. The number of hydrogen-bond acceptors (Lipinski definition) is 2. The second-order valence-electron chi connectivity index (χ2n) is 5.92. The van der Waals surface area contributed by atoms with Gasteiger partial charge in [-0.25, -0.2) is 4.39 Å². The number of benzene rings is 1. The largest absolute Gasteiger partial charge is 0.385 e. The minimum Gasteiger partial charge on any atom is -0.385 e. The Morgan fingerprint density at radius 3 is 2.36 bits per heavy atom. The third kappa shape index (κ3) is 7.87. The highest BCUT2D eigenvalue weighted by Crippen LogP contribution is 2.07. The Morgan fingerprint density at radius 1 is 1.14 bits per heavy atom. The monoisotopic (exact) mass is 312 g/mol. The summed E-state index contributed by atoms with van der Waals surface area (Å²) < 4.78 is 18.9. The summed E-state index contributed by atoms with van der Waals surface area (Å²) in [6.45, 7) is 7.74. The molecule has 126 valence electrons. The zero-order valence-electron chi connectivity index (χ0n) is 14.0. The van der Waals surface area contributed by atoms with Gasteiger partial charge in [0.05, 0.1) is 26.3 Å². The molecule has 0 aromatic heterocycles. The highest BCUT2D eigenvalue weighted by molar-refractivity contribution is 5.16. The van der Waals surface area contributed by atoms with Crippen LogP contribution in [0, 0.1) is 5.82 Å². The quantitative estimate of drug-likeness (QED) is 0.620. The standard InChI is InChI=1S/C18H30FNO2/c1-3-5-11-20(12-6-4-2)13-17(21)15-22-14-16-9-7-8-10-18(16)19/h7-10,17,21H,3-6,11-15H2,1-2H3/p+1/t17-/m1/s1. The number of hydrogen-bond donors (Lipinski definition) is 2. The molecule has 1 aromatic carbocycles. The number of aliphatic hydroxyl groups excluding tert-OH is 1. The number of nitrogens with one attached hydrogen (secondary N) is 1. The summed E-state index contributed by atoms with van der Waals surface area (Å²) >= 11 is 0. The van der Waals surface area contributed by atoms with Gasteiger partial charge in [0.25, 0.3) is 0 Å². The van der Waals surface area contributed by atoms with Gasteiger partial charge in [0.2, 0.25) is 0 Å². The second kappa shape index (κ2) is 11.6. The molecule has 0 bridgehead atoms. The zero-order chi connectivity index (χ0) is 16.2. The fourth-order valence-corrected chi connectivity index (χ4v) is 2.50. The van der Waals surface area contributed by atoms with Gasteiger partial charge in [0.15, 0.2) is 0 Å². The van der Waals surface area contributed by atoms with E-state index in [1.807, 2.05) is 0 Å². The van der Waals surface area contributed by atoms with Crippen molar-refractivity contribution in [2.24, 2.45) is 0 Å². The molecule has 1 atom stereocenters. The lowest BCUT2D eigenvalue weighted by atomic mass is 10.2. The van der Waals surface area contributed by atoms with Crippen LogP contribution in [-0.4, -0.2) is 37.5 Å². The Morgan fingerprint density at radius 2 is 1.77 bits per heavy atom. The molecule has 0 aliphatic rings. The minimum absolute atomic E-state index is 0.211. The maximum atomic E-state index is 13.5. The van der Waals surface area contributed by atoms with Crippen molar-refractivity contribution in [3.63, 3.8) is 0 Å². The van der Waals surface area contributed by atoms with Crippen molar-refractivity contribution in [1.29, 1.82) is 0 Å². The molecule has 3 nitrogen and oxygen atoms in total. The van der Waals surface area contributed by atoms with E-state index in [0.29, 0.717) is 12.1 Å². The van der Waals surface area contributed by atoms with Gasteiger partial charge in [-0.15, -0.1) is 0 Å². The maximum absolute atomic E-state index is 13.5. The molecular weight excluding hydrogens is 281 g/mol. The number of quaternary nitrogens is 1. The van der Waals surface area contributed by atoms with Crippen LogP contribution in [0.2, 0.25) is 0 Å². The van der Waals surface area contributed by atoms with Crippen LogP contribution in [0.4, 0.5) is 4.39 Å². The van der Waals surface area contributed by atoms with Crippen LogP contribution in [-0.2, 0) is 11.3 Å². The number of halogens is 1. The van der Waals surface area contributed by atoms with E-state index in [0.717, 1.165) is 13.1 Å². The van der Waals surface area contributed by atoms with Gasteiger partial charge in [0, 0.05) is 5.56 Å². The molecule has 1 rings (SSSR count). The Labute approximate surface area is 134 Å². The van der Waals surface area contributed by atoms with Gasteiger partial charge in [-0.1, -0.05) is 44.9 Å². The second-order valence-corrected chi connectivity index (χ2v) is 5.92. The minimum atomic E-state index is -0.490. The van der Waals surface area contributed by atoms with E-state index in [-0.39, 0.29) is 19.0 Å². The lowest BCUT2D eigenvalue weighted by molar-refractivity contribution is -0.903. The van der Waals surface area contributed by atoms with E-state index in [1.54, 1.807) is 18.2 Å². The third-order valence-corrected chi connectivity index (χ3v) is 3.82. The van der Waals surface area contributed by atoms with E-state index in [4.69, 9.17) is 4.74 Å². The summed E-state index contributed by atoms with van der Waals surface area (Å²) in [5, 5.41) is 10.1. The molecule has 0 amide bonds. The highest BCUT2D eigenvalue weighted by Gasteiger charge is 2.15. The van der Waals surface area contributed by atoms with Crippen LogP contribution in [0.5, 0.6) is 0 Å². The van der Waals surface area contributed by atoms with E-state index < -0.39 is 6.10 Å². The maximum Gasteiger partial charge on any atom is 0.128 e. The topological polar surface area (TPSA) is 33.9 Å². The van der Waals surface area contributed by atoms with E-state index in [1.165, 1.54) is 36.6 Å². The molecule has 0 saturated heterocycles. The molecule has 0 aliphatic carbocycles. The lowest BCUT2D eigenvalue weighted by Gasteiger charge is -2.22. The van der Waals surface area contributed by atoms with Crippen molar-refractivity contribution in [3.05, 3.63) is 35.6 Å². The first-order valence-electron chi connectivity index (χ1n) is 8.50. The van der Waals surface area contributed by atoms with Crippen molar-refractivity contribution in [3.8, 4) is 0 Å². The molecule has 4 heteroatoms. The van der Waals surface area contributed by atoms with Crippen LogP contribution >= 0.6 is 0 Å². The van der Waals surface area contributed by atoms with Crippen molar-refractivity contribution >= 4 is 0 Å². The summed E-state index contributed by atoms with van der Waals surface area (Å²) in [7, 11) is 0. The molecule has 0 heterocycles. The molecule has 0 fully saturated rings. The summed E-state index contributed by atoms with van der Waals surface area (Å²) in [5.74, 6) is -0.255.